The van der Waals surface area contributed by atoms with Gasteiger partial charge in [0.25, 0.3) is 0 Å². The number of esters is 1. The van der Waals surface area contributed by atoms with Crippen LogP contribution in [0.4, 0.5) is 0 Å². The smallest absolute Gasteiger partial charge is 0.338 e. The summed E-state index contributed by atoms with van der Waals surface area (Å²) in [5.74, 6) is -1.73. The zero-order valence-electron chi connectivity index (χ0n) is 12.1. The maximum atomic E-state index is 12.4. The van der Waals surface area contributed by atoms with Gasteiger partial charge in [-0.15, -0.1) is 0 Å². The molecule has 0 radical (unpaired) electrons. The van der Waals surface area contributed by atoms with Crippen molar-refractivity contribution in [1.82, 2.24) is 4.31 Å². The molecule has 0 fully saturated rings. The van der Waals surface area contributed by atoms with Gasteiger partial charge in [0.2, 0.25) is 10.0 Å². The third kappa shape index (κ3) is 4.79. The summed E-state index contributed by atoms with van der Waals surface area (Å²) in [5.41, 5.74) is 0.0986. The number of carbonyl (C=O) groups is 2. The zero-order chi connectivity index (χ0) is 16.9. The molecule has 9 heteroatoms. The number of ether oxygens (including phenoxy) is 1. The number of carboxylic acids is 1. The van der Waals surface area contributed by atoms with Crippen molar-refractivity contribution in [3.8, 4) is 0 Å². The molecule has 1 rings (SSSR count). The van der Waals surface area contributed by atoms with Crippen molar-refractivity contribution in [2.45, 2.75) is 18.2 Å². The Morgan fingerprint density at radius 1 is 1.32 bits per heavy atom. The van der Waals surface area contributed by atoms with Gasteiger partial charge < -0.3 is 9.84 Å². The van der Waals surface area contributed by atoms with Crippen LogP contribution in [0.25, 0.3) is 0 Å². The van der Waals surface area contributed by atoms with Crippen LogP contribution >= 0.6 is 15.9 Å². The van der Waals surface area contributed by atoms with Gasteiger partial charge in [-0.3, -0.25) is 4.79 Å². The molecule has 1 aromatic rings. The van der Waals surface area contributed by atoms with Crippen molar-refractivity contribution in [1.29, 1.82) is 0 Å². The van der Waals surface area contributed by atoms with Gasteiger partial charge in [-0.05, 0) is 25.1 Å². The first-order chi connectivity index (χ1) is 10.2. The highest BCUT2D eigenvalue weighted by Crippen LogP contribution is 2.22. The summed E-state index contributed by atoms with van der Waals surface area (Å²) in [6.45, 7) is 1.65. The quantitative estimate of drug-likeness (QED) is 0.707. The summed E-state index contributed by atoms with van der Waals surface area (Å²) < 4.78 is 31.0. The molecular formula is C13H16BrNO6S. The van der Waals surface area contributed by atoms with Crippen LogP contribution in [0.3, 0.4) is 0 Å². The van der Waals surface area contributed by atoms with E-state index >= 15 is 0 Å². The Hall–Kier alpha value is -1.45. The van der Waals surface area contributed by atoms with Gasteiger partial charge in [-0.25, -0.2) is 17.5 Å². The van der Waals surface area contributed by atoms with E-state index in [4.69, 9.17) is 9.84 Å². The van der Waals surface area contributed by atoms with E-state index in [2.05, 4.69) is 15.9 Å². The first-order valence-electron chi connectivity index (χ1n) is 6.34. The Morgan fingerprint density at radius 3 is 2.50 bits per heavy atom. The van der Waals surface area contributed by atoms with Gasteiger partial charge in [0.1, 0.15) is 0 Å². The van der Waals surface area contributed by atoms with Crippen molar-refractivity contribution in [2.24, 2.45) is 0 Å². The summed E-state index contributed by atoms with van der Waals surface area (Å²) in [6.07, 6.45) is -0.311. The monoisotopic (exact) mass is 393 g/mol. The van der Waals surface area contributed by atoms with Gasteiger partial charge in [-0.2, -0.15) is 0 Å². The number of hydrogen-bond acceptors (Lipinski definition) is 5. The summed E-state index contributed by atoms with van der Waals surface area (Å²) >= 11 is 3.15. The molecule has 0 unspecified atom stereocenters. The first-order valence-corrected chi connectivity index (χ1v) is 8.57. The van der Waals surface area contributed by atoms with E-state index in [1.807, 2.05) is 0 Å². The highest BCUT2D eigenvalue weighted by molar-refractivity contribution is 9.10. The molecule has 0 aliphatic rings. The normalized spacial score (nSPS) is 11.5. The van der Waals surface area contributed by atoms with Crippen LogP contribution in [0.2, 0.25) is 0 Å². The Bertz CT molecular complexity index is 673. The number of hydrogen-bond donors (Lipinski definition) is 1. The molecule has 0 aliphatic carbocycles. The number of rotatable bonds is 7. The van der Waals surface area contributed by atoms with E-state index in [1.165, 1.54) is 25.2 Å². The van der Waals surface area contributed by atoms with Crippen LogP contribution in [0, 0.1) is 0 Å². The standard InChI is InChI=1S/C13H16BrNO6S/c1-3-21-13(18)9-6-10(14)8-11(7-9)22(19,20)15(2)5-4-12(16)17/h6-8H,3-5H2,1-2H3,(H,16,17). The highest BCUT2D eigenvalue weighted by atomic mass is 79.9. The summed E-state index contributed by atoms with van der Waals surface area (Å²) in [5, 5.41) is 8.63. The van der Waals surface area contributed by atoms with Crippen molar-refractivity contribution in [3.05, 3.63) is 28.2 Å². The number of sulfonamides is 1. The Morgan fingerprint density at radius 2 is 1.95 bits per heavy atom. The number of nitrogens with zero attached hydrogens (tertiary/aromatic N) is 1. The van der Waals surface area contributed by atoms with Crippen molar-refractivity contribution >= 4 is 37.9 Å². The van der Waals surface area contributed by atoms with Crippen molar-refractivity contribution < 1.29 is 27.9 Å². The number of carbonyl (C=O) groups excluding carboxylic acids is 1. The van der Waals surface area contributed by atoms with Crippen molar-refractivity contribution in [2.75, 3.05) is 20.2 Å². The molecule has 0 heterocycles. The molecule has 0 aliphatic heterocycles. The van der Waals surface area contributed by atoms with E-state index in [-0.39, 0.29) is 30.0 Å². The van der Waals surface area contributed by atoms with Crippen LogP contribution in [0.5, 0.6) is 0 Å². The molecule has 1 aromatic carbocycles. The number of aliphatic carboxylic acids is 1. The van der Waals surface area contributed by atoms with E-state index in [0.29, 0.717) is 4.47 Å². The number of carboxylic acid groups (broad SMARTS) is 1. The summed E-state index contributed by atoms with van der Waals surface area (Å²) in [7, 11) is -2.61. The second kappa shape index (κ2) is 7.70. The largest absolute Gasteiger partial charge is 0.481 e. The lowest BCUT2D eigenvalue weighted by Gasteiger charge is -2.17. The maximum absolute atomic E-state index is 12.4. The summed E-state index contributed by atoms with van der Waals surface area (Å²) in [6, 6.07) is 4.00. The van der Waals surface area contributed by atoms with Gasteiger partial charge in [0, 0.05) is 18.1 Å². The fraction of sp³-hybridized carbons (Fsp3) is 0.385. The zero-order valence-corrected chi connectivity index (χ0v) is 14.5. The molecule has 0 spiro atoms. The van der Waals surface area contributed by atoms with Crippen LogP contribution in [0.1, 0.15) is 23.7 Å². The Balaban J connectivity index is 3.13. The topological polar surface area (TPSA) is 101 Å². The second-order valence-corrected chi connectivity index (χ2v) is 7.33. The van der Waals surface area contributed by atoms with E-state index in [9.17, 15) is 18.0 Å². The fourth-order valence-corrected chi connectivity index (χ4v) is 3.49. The number of halogens is 1. The molecule has 22 heavy (non-hydrogen) atoms. The minimum absolute atomic E-state index is 0.0986. The third-order valence-electron chi connectivity index (χ3n) is 2.73. The molecule has 0 saturated heterocycles. The lowest BCUT2D eigenvalue weighted by molar-refractivity contribution is -0.137. The second-order valence-electron chi connectivity index (χ2n) is 4.37. The van der Waals surface area contributed by atoms with Crippen LogP contribution < -0.4 is 0 Å². The number of benzene rings is 1. The minimum atomic E-state index is -3.90. The summed E-state index contributed by atoms with van der Waals surface area (Å²) in [4.78, 5) is 22.2. The van der Waals surface area contributed by atoms with E-state index in [1.54, 1.807) is 6.92 Å². The first kappa shape index (κ1) is 18.6. The molecule has 0 amide bonds. The molecule has 0 saturated carbocycles. The van der Waals surface area contributed by atoms with Crippen LogP contribution in [-0.4, -0.2) is 50.0 Å². The molecule has 0 bridgehead atoms. The Labute approximate surface area is 137 Å². The predicted molar refractivity (Wildman–Crippen MR) is 82.2 cm³/mol. The lowest BCUT2D eigenvalue weighted by atomic mass is 10.2. The van der Waals surface area contributed by atoms with E-state index in [0.717, 1.165) is 4.31 Å². The molecule has 0 atom stereocenters. The van der Waals surface area contributed by atoms with Gasteiger partial charge >= 0.3 is 11.9 Å². The van der Waals surface area contributed by atoms with E-state index < -0.39 is 22.0 Å². The van der Waals surface area contributed by atoms with Crippen LogP contribution in [0.15, 0.2) is 27.6 Å². The SMILES string of the molecule is CCOC(=O)c1cc(Br)cc(S(=O)(=O)N(C)CCC(=O)O)c1. The average molecular weight is 394 g/mol. The highest BCUT2D eigenvalue weighted by Gasteiger charge is 2.23. The van der Waals surface area contributed by atoms with Gasteiger partial charge in [0.15, 0.2) is 0 Å². The minimum Gasteiger partial charge on any atom is -0.481 e. The van der Waals surface area contributed by atoms with Crippen LogP contribution in [-0.2, 0) is 19.6 Å². The predicted octanol–water partition coefficient (Wildman–Crippen LogP) is 1.72. The molecule has 7 nitrogen and oxygen atoms in total. The average Bonchev–Trinajstić information content (AvgIpc) is 2.44. The molecule has 1 N–H and O–H groups in total. The Kier molecular flexibility index (Phi) is 6.51. The van der Waals surface area contributed by atoms with Gasteiger partial charge in [-0.1, -0.05) is 15.9 Å². The maximum Gasteiger partial charge on any atom is 0.338 e. The fourth-order valence-electron chi connectivity index (χ4n) is 1.60. The lowest BCUT2D eigenvalue weighted by Crippen LogP contribution is -2.29. The third-order valence-corrected chi connectivity index (χ3v) is 5.02. The molecule has 122 valence electrons. The van der Waals surface area contributed by atoms with Gasteiger partial charge in [0.05, 0.1) is 23.5 Å². The molecular weight excluding hydrogens is 378 g/mol. The molecule has 0 aromatic heterocycles. The van der Waals surface area contributed by atoms with Crippen molar-refractivity contribution in [3.63, 3.8) is 0 Å².